The smallest absolute Gasteiger partial charge is 0.123 e. The molecule has 1 aromatic heterocycles. The molecule has 0 unspecified atom stereocenters. The lowest BCUT2D eigenvalue weighted by Crippen LogP contribution is -2.34. The molecule has 4 nitrogen and oxygen atoms in total. The monoisotopic (exact) mass is 261 g/mol. The molecule has 0 aliphatic rings. The van der Waals surface area contributed by atoms with Gasteiger partial charge < -0.3 is 15.0 Å². The molecule has 0 atom stereocenters. The minimum absolute atomic E-state index is 0.558. The van der Waals surface area contributed by atoms with E-state index in [2.05, 4.69) is 27.9 Å². The van der Waals surface area contributed by atoms with Gasteiger partial charge in [0, 0.05) is 13.1 Å². The van der Waals surface area contributed by atoms with Gasteiger partial charge >= 0.3 is 0 Å². The first kappa shape index (κ1) is 14.0. The first-order valence-electron chi connectivity index (χ1n) is 6.88. The second kappa shape index (κ2) is 5.72. The summed E-state index contributed by atoms with van der Waals surface area (Å²) in [5.74, 6) is 1.03. The third-order valence-corrected chi connectivity index (χ3v) is 3.02. The fourth-order valence-electron chi connectivity index (χ4n) is 2.21. The SMILES string of the molecule is CCCn1c(CNCC(C)(C)O)nc2ccccc21. The fraction of sp³-hybridized carbons (Fsp3) is 0.533. The average molecular weight is 261 g/mol. The predicted molar refractivity (Wildman–Crippen MR) is 78.0 cm³/mol. The van der Waals surface area contributed by atoms with E-state index in [1.54, 1.807) is 13.8 Å². The van der Waals surface area contributed by atoms with Crippen molar-refractivity contribution in [3.8, 4) is 0 Å². The molecule has 0 amide bonds. The summed E-state index contributed by atoms with van der Waals surface area (Å²) in [6, 6.07) is 8.21. The Morgan fingerprint density at radius 2 is 2.05 bits per heavy atom. The number of nitrogens with zero attached hydrogens (tertiary/aromatic N) is 2. The number of para-hydroxylation sites is 2. The molecule has 0 saturated carbocycles. The first-order chi connectivity index (χ1) is 9.01. The highest BCUT2D eigenvalue weighted by Gasteiger charge is 2.13. The van der Waals surface area contributed by atoms with Crippen LogP contribution in [0.5, 0.6) is 0 Å². The molecule has 0 saturated heterocycles. The maximum atomic E-state index is 9.72. The Bertz CT molecular complexity index is 540. The Morgan fingerprint density at radius 3 is 2.74 bits per heavy atom. The lowest BCUT2D eigenvalue weighted by Gasteiger charge is -2.17. The van der Waals surface area contributed by atoms with E-state index in [0.29, 0.717) is 13.1 Å². The van der Waals surface area contributed by atoms with Gasteiger partial charge in [-0.05, 0) is 32.4 Å². The van der Waals surface area contributed by atoms with Crippen LogP contribution in [0.2, 0.25) is 0 Å². The number of nitrogens with one attached hydrogen (secondary N) is 1. The summed E-state index contributed by atoms with van der Waals surface area (Å²) in [6.07, 6.45) is 1.08. The van der Waals surface area contributed by atoms with Gasteiger partial charge in [-0.2, -0.15) is 0 Å². The fourth-order valence-corrected chi connectivity index (χ4v) is 2.21. The quantitative estimate of drug-likeness (QED) is 0.839. The molecule has 0 aliphatic carbocycles. The van der Waals surface area contributed by atoms with Crippen molar-refractivity contribution in [2.45, 2.75) is 45.9 Å². The Labute approximate surface area is 114 Å². The molecule has 0 bridgehead atoms. The summed E-state index contributed by atoms with van der Waals surface area (Å²) in [6.45, 7) is 7.98. The van der Waals surface area contributed by atoms with Crippen LogP contribution in [0.15, 0.2) is 24.3 Å². The number of hydrogen-bond acceptors (Lipinski definition) is 3. The highest BCUT2D eigenvalue weighted by molar-refractivity contribution is 5.75. The number of fused-ring (bicyclic) bond motifs is 1. The number of rotatable bonds is 6. The van der Waals surface area contributed by atoms with Crippen LogP contribution in [-0.2, 0) is 13.1 Å². The van der Waals surface area contributed by atoms with Crippen LogP contribution in [0.4, 0.5) is 0 Å². The molecule has 4 heteroatoms. The van der Waals surface area contributed by atoms with Crippen molar-refractivity contribution in [2.75, 3.05) is 6.54 Å². The highest BCUT2D eigenvalue weighted by atomic mass is 16.3. The van der Waals surface area contributed by atoms with Crippen LogP contribution in [0.1, 0.15) is 33.0 Å². The summed E-state index contributed by atoms with van der Waals surface area (Å²) in [5, 5.41) is 13.0. The number of hydrogen-bond donors (Lipinski definition) is 2. The lowest BCUT2D eigenvalue weighted by molar-refractivity contribution is 0.0792. The van der Waals surface area contributed by atoms with Crippen molar-refractivity contribution in [1.29, 1.82) is 0 Å². The molecule has 0 aliphatic heterocycles. The molecule has 19 heavy (non-hydrogen) atoms. The largest absolute Gasteiger partial charge is 0.389 e. The molecular weight excluding hydrogens is 238 g/mol. The van der Waals surface area contributed by atoms with Crippen LogP contribution in [0, 0.1) is 0 Å². The van der Waals surface area contributed by atoms with E-state index in [1.807, 2.05) is 18.2 Å². The molecule has 104 valence electrons. The normalized spacial score (nSPS) is 12.2. The van der Waals surface area contributed by atoms with Gasteiger partial charge in [-0.25, -0.2) is 4.98 Å². The van der Waals surface area contributed by atoms with Crippen LogP contribution >= 0.6 is 0 Å². The second-order valence-corrected chi connectivity index (χ2v) is 5.58. The summed E-state index contributed by atoms with van der Waals surface area (Å²) in [5.41, 5.74) is 1.53. The van der Waals surface area contributed by atoms with Crippen LogP contribution in [0.25, 0.3) is 11.0 Å². The number of aromatic nitrogens is 2. The standard InChI is InChI=1S/C15H23N3O/c1-4-9-18-13-8-6-5-7-12(13)17-14(18)10-16-11-15(2,3)19/h5-8,16,19H,4,9-11H2,1-3H3. The maximum absolute atomic E-state index is 9.72. The van der Waals surface area contributed by atoms with Crippen LogP contribution < -0.4 is 5.32 Å². The van der Waals surface area contributed by atoms with Gasteiger partial charge in [-0.15, -0.1) is 0 Å². The van der Waals surface area contributed by atoms with Crippen molar-refractivity contribution >= 4 is 11.0 Å². The third kappa shape index (κ3) is 3.55. The van der Waals surface area contributed by atoms with E-state index in [4.69, 9.17) is 0 Å². The minimum atomic E-state index is -0.693. The van der Waals surface area contributed by atoms with Crippen molar-refractivity contribution < 1.29 is 5.11 Å². The van der Waals surface area contributed by atoms with Gasteiger partial charge in [0.1, 0.15) is 5.82 Å². The van der Waals surface area contributed by atoms with E-state index < -0.39 is 5.60 Å². The Balaban J connectivity index is 2.19. The van der Waals surface area contributed by atoms with Gasteiger partial charge in [0.15, 0.2) is 0 Å². The zero-order chi connectivity index (χ0) is 13.9. The Kier molecular flexibility index (Phi) is 4.22. The van der Waals surface area contributed by atoms with Gasteiger partial charge in [-0.3, -0.25) is 0 Å². The summed E-state index contributed by atoms with van der Waals surface area (Å²) < 4.78 is 2.26. The molecule has 2 N–H and O–H groups in total. The summed E-state index contributed by atoms with van der Waals surface area (Å²) >= 11 is 0. The number of aliphatic hydroxyl groups is 1. The van der Waals surface area contributed by atoms with Crippen molar-refractivity contribution in [1.82, 2.24) is 14.9 Å². The average Bonchev–Trinajstić information content (AvgIpc) is 2.67. The topological polar surface area (TPSA) is 50.1 Å². The van der Waals surface area contributed by atoms with Gasteiger partial charge in [-0.1, -0.05) is 19.1 Å². The zero-order valence-electron chi connectivity index (χ0n) is 12.0. The number of aryl methyl sites for hydroxylation is 1. The molecular formula is C15H23N3O. The van der Waals surface area contributed by atoms with Crippen molar-refractivity contribution in [3.63, 3.8) is 0 Å². The second-order valence-electron chi connectivity index (χ2n) is 5.58. The summed E-state index contributed by atoms with van der Waals surface area (Å²) in [7, 11) is 0. The molecule has 0 spiro atoms. The first-order valence-corrected chi connectivity index (χ1v) is 6.88. The van der Waals surface area contributed by atoms with Crippen molar-refractivity contribution in [3.05, 3.63) is 30.1 Å². The maximum Gasteiger partial charge on any atom is 0.123 e. The zero-order valence-corrected chi connectivity index (χ0v) is 12.0. The van der Waals surface area contributed by atoms with E-state index in [-0.39, 0.29) is 0 Å². The molecule has 0 fully saturated rings. The molecule has 1 aromatic carbocycles. The van der Waals surface area contributed by atoms with Gasteiger partial charge in [0.25, 0.3) is 0 Å². The van der Waals surface area contributed by atoms with E-state index in [9.17, 15) is 5.11 Å². The Hall–Kier alpha value is -1.39. The van der Waals surface area contributed by atoms with Crippen LogP contribution in [0.3, 0.4) is 0 Å². The number of benzene rings is 1. The number of imidazole rings is 1. The molecule has 1 heterocycles. The van der Waals surface area contributed by atoms with Gasteiger partial charge in [0.2, 0.25) is 0 Å². The molecule has 0 radical (unpaired) electrons. The Morgan fingerprint density at radius 1 is 1.32 bits per heavy atom. The minimum Gasteiger partial charge on any atom is -0.389 e. The van der Waals surface area contributed by atoms with E-state index in [1.165, 1.54) is 5.52 Å². The molecule has 2 aromatic rings. The predicted octanol–water partition coefficient (Wildman–Crippen LogP) is 2.31. The molecule has 2 rings (SSSR count). The highest BCUT2D eigenvalue weighted by Crippen LogP contribution is 2.16. The van der Waals surface area contributed by atoms with E-state index in [0.717, 1.165) is 24.3 Å². The third-order valence-electron chi connectivity index (χ3n) is 3.02. The summed E-state index contributed by atoms with van der Waals surface area (Å²) in [4.78, 5) is 4.67. The van der Waals surface area contributed by atoms with Crippen LogP contribution in [-0.4, -0.2) is 26.8 Å². The van der Waals surface area contributed by atoms with Gasteiger partial charge in [0.05, 0.1) is 23.2 Å². The van der Waals surface area contributed by atoms with Crippen molar-refractivity contribution in [2.24, 2.45) is 0 Å². The van der Waals surface area contributed by atoms with E-state index >= 15 is 0 Å². The lowest BCUT2D eigenvalue weighted by atomic mass is 10.1.